The molecule has 0 aromatic heterocycles. The molecule has 5 radical (unpaired) electrons. The van der Waals surface area contributed by atoms with Crippen LogP contribution in [0.25, 0.3) is 0 Å². The largest absolute Gasteiger partial charge is 0.0737 e. The zero-order valence-electron chi connectivity index (χ0n) is 8.30. The van der Waals surface area contributed by atoms with Crippen molar-refractivity contribution in [2.24, 2.45) is 0 Å². The van der Waals surface area contributed by atoms with Crippen LogP contribution in [0.5, 0.6) is 0 Å². The molecule has 0 saturated heterocycles. The lowest BCUT2D eigenvalue weighted by Gasteiger charge is -2.11. The van der Waals surface area contributed by atoms with Crippen molar-refractivity contribution in [1.82, 2.24) is 0 Å². The van der Waals surface area contributed by atoms with Gasteiger partial charge in [0.2, 0.25) is 0 Å². The van der Waals surface area contributed by atoms with Crippen molar-refractivity contribution in [3.8, 4) is 0 Å². The highest BCUT2D eigenvalue weighted by Crippen LogP contribution is 2.05. The lowest BCUT2D eigenvalue weighted by molar-refractivity contribution is 1.13. The van der Waals surface area contributed by atoms with Gasteiger partial charge in [0.1, 0.15) is 0 Å². The van der Waals surface area contributed by atoms with Crippen LogP contribution in [0.2, 0.25) is 19.1 Å². The molecule has 0 fully saturated rings. The Morgan fingerprint density at radius 3 is 2.31 bits per heavy atom. The molecule has 0 atom stereocenters. The molecule has 0 heterocycles. The summed E-state index contributed by atoms with van der Waals surface area (Å²) in [5.41, 5.74) is 1.48. The Kier molecular flexibility index (Phi) is 4.69. The van der Waals surface area contributed by atoms with Crippen LogP contribution in [0.15, 0.2) is 30.3 Å². The van der Waals surface area contributed by atoms with Crippen LogP contribution in [0.4, 0.5) is 0 Å². The van der Waals surface area contributed by atoms with Crippen LogP contribution in [-0.4, -0.2) is 25.9 Å². The standard InChI is InChI=1S/C10H15Si3/c1-12(2)13(11)9-8-10-6-4-3-5-7-10/h3-7H,8-9H2,1-2H3. The van der Waals surface area contributed by atoms with Crippen molar-refractivity contribution in [2.75, 3.05) is 0 Å². The Bertz CT molecular complexity index is 233. The van der Waals surface area contributed by atoms with E-state index in [1.807, 2.05) is 0 Å². The topological polar surface area (TPSA) is 0 Å². The predicted molar refractivity (Wildman–Crippen MR) is 63.9 cm³/mol. The van der Waals surface area contributed by atoms with Crippen molar-refractivity contribution >= 4 is 25.9 Å². The molecule has 0 N–H and O–H groups in total. The first-order valence-corrected chi connectivity index (χ1v) is 11.3. The summed E-state index contributed by atoms with van der Waals surface area (Å²) in [5.74, 6) is 0. The van der Waals surface area contributed by atoms with Crippen LogP contribution in [0, 0.1) is 0 Å². The van der Waals surface area contributed by atoms with Gasteiger partial charge < -0.3 is 0 Å². The predicted octanol–water partition coefficient (Wildman–Crippen LogP) is 2.22. The minimum atomic E-state index is -0.197. The molecular weight excluding hydrogens is 204 g/mol. The van der Waals surface area contributed by atoms with Crippen molar-refractivity contribution in [3.05, 3.63) is 35.9 Å². The van der Waals surface area contributed by atoms with Crippen molar-refractivity contribution in [2.45, 2.75) is 25.6 Å². The molecule has 1 rings (SSSR count). The molecule has 1 aromatic rings. The lowest BCUT2D eigenvalue weighted by Crippen LogP contribution is -2.30. The van der Waals surface area contributed by atoms with E-state index in [2.05, 4.69) is 53.2 Å². The van der Waals surface area contributed by atoms with E-state index in [4.69, 9.17) is 0 Å². The van der Waals surface area contributed by atoms with Gasteiger partial charge in [-0.1, -0.05) is 49.5 Å². The maximum Gasteiger partial charge on any atom is 0.0275 e. The van der Waals surface area contributed by atoms with Gasteiger partial charge in [-0.15, -0.1) is 0 Å². The van der Waals surface area contributed by atoms with Crippen LogP contribution in [-0.2, 0) is 6.42 Å². The van der Waals surface area contributed by atoms with E-state index in [-0.39, 0.29) is 16.1 Å². The van der Waals surface area contributed by atoms with Gasteiger partial charge >= 0.3 is 0 Å². The van der Waals surface area contributed by atoms with E-state index in [0.29, 0.717) is 0 Å². The smallest absolute Gasteiger partial charge is 0.0275 e. The maximum absolute atomic E-state index is 3.90. The number of rotatable bonds is 4. The van der Waals surface area contributed by atoms with Gasteiger partial charge in [-0.25, -0.2) is 0 Å². The minimum absolute atomic E-state index is 0.0665. The third-order valence-electron chi connectivity index (χ3n) is 2.11. The van der Waals surface area contributed by atoms with Crippen LogP contribution in [0.1, 0.15) is 5.56 Å². The van der Waals surface area contributed by atoms with Crippen molar-refractivity contribution in [1.29, 1.82) is 0 Å². The molecule has 0 aliphatic rings. The molecule has 0 aliphatic heterocycles. The van der Waals surface area contributed by atoms with E-state index < -0.39 is 0 Å². The molecule has 1 aromatic carbocycles. The quantitative estimate of drug-likeness (QED) is 0.681. The second-order valence-corrected chi connectivity index (χ2v) is 15.0. The SMILES string of the molecule is C[Si](C)[Si]([Si])CCc1ccccc1. The van der Waals surface area contributed by atoms with Crippen molar-refractivity contribution in [3.63, 3.8) is 0 Å². The molecule has 0 amide bonds. The van der Waals surface area contributed by atoms with E-state index >= 15 is 0 Å². The summed E-state index contributed by atoms with van der Waals surface area (Å²) in [6.07, 6.45) is 1.24. The molecule has 0 saturated carbocycles. The second kappa shape index (κ2) is 5.57. The van der Waals surface area contributed by atoms with E-state index in [1.54, 1.807) is 0 Å². The Labute approximate surface area is 87.6 Å². The lowest BCUT2D eigenvalue weighted by atomic mass is 10.2. The third-order valence-corrected chi connectivity index (χ3v) is 13.7. The number of hydrogen-bond donors (Lipinski definition) is 0. The monoisotopic (exact) mass is 219 g/mol. The molecule has 3 heteroatoms. The molecule has 0 spiro atoms. The Balaban J connectivity index is 2.35. The molecule has 67 valence electrons. The highest BCUT2D eigenvalue weighted by Gasteiger charge is 2.09. The Morgan fingerprint density at radius 2 is 1.77 bits per heavy atom. The Hall–Kier alpha value is -0.129. The number of aryl methyl sites for hydroxylation is 1. The van der Waals surface area contributed by atoms with E-state index in [0.717, 1.165) is 0 Å². The van der Waals surface area contributed by atoms with Gasteiger partial charge in [-0.05, 0) is 12.0 Å². The summed E-state index contributed by atoms with van der Waals surface area (Å²) in [6.45, 7) is 4.80. The first-order chi connectivity index (χ1) is 6.20. The van der Waals surface area contributed by atoms with Gasteiger partial charge in [0.05, 0.1) is 0 Å². The first kappa shape index (κ1) is 10.9. The zero-order valence-corrected chi connectivity index (χ0v) is 11.3. The summed E-state index contributed by atoms with van der Waals surface area (Å²) in [5, 5.41) is 0. The maximum atomic E-state index is 3.90. The zero-order chi connectivity index (χ0) is 9.68. The van der Waals surface area contributed by atoms with E-state index in [1.165, 1.54) is 18.0 Å². The van der Waals surface area contributed by atoms with Crippen LogP contribution < -0.4 is 0 Å². The first-order valence-electron chi connectivity index (χ1n) is 4.62. The van der Waals surface area contributed by atoms with Gasteiger partial charge in [0, 0.05) is 25.9 Å². The fraction of sp³-hybridized carbons (Fsp3) is 0.400. The van der Waals surface area contributed by atoms with Gasteiger partial charge in [-0.2, -0.15) is 0 Å². The fourth-order valence-corrected chi connectivity index (χ4v) is 4.45. The Morgan fingerprint density at radius 1 is 1.15 bits per heavy atom. The normalized spacial score (nSPS) is 11.2. The number of hydrogen-bond acceptors (Lipinski definition) is 0. The van der Waals surface area contributed by atoms with Gasteiger partial charge in [0.25, 0.3) is 0 Å². The average Bonchev–Trinajstić information content (AvgIpc) is 2.15. The second-order valence-electron chi connectivity index (χ2n) is 3.46. The summed E-state index contributed by atoms with van der Waals surface area (Å²) in [4.78, 5) is 0. The molecule has 0 aliphatic carbocycles. The molecular formula is C10H15Si3. The molecule has 0 nitrogen and oxygen atoms in total. The van der Waals surface area contributed by atoms with Crippen molar-refractivity contribution < 1.29 is 0 Å². The molecule has 0 unspecified atom stereocenters. The third kappa shape index (κ3) is 4.06. The highest BCUT2D eigenvalue weighted by atomic mass is 29.6. The summed E-state index contributed by atoms with van der Waals surface area (Å²) in [6, 6.07) is 12.1. The minimum Gasteiger partial charge on any atom is -0.0737 e. The molecule has 0 bridgehead atoms. The number of benzene rings is 1. The fourth-order valence-electron chi connectivity index (χ4n) is 1.16. The highest BCUT2D eigenvalue weighted by molar-refractivity contribution is 7.40. The average molecular weight is 219 g/mol. The summed E-state index contributed by atoms with van der Waals surface area (Å²) in [7, 11) is 3.63. The van der Waals surface area contributed by atoms with Crippen LogP contribution in [0.3, 0.4) is 0 Å². The van der Waals surface area contributed by atoms with E-state index in [9.17, 15) is 0 Å². The summed E-state index contributed by atoms with van der Waals surface area (Å²) < 4.78 is 0. The van der Waals surface area contributed by atoms with Crippen LogP contribution >= 0.6 is 0 Å². The van der Waals surface area contributed by atoms with Gasteiger partial charge in [-0.3, -0.25) is 0 Å². The summed E-state index contributed by atoms with van der Waals surface area (Å²) >= 11 is 0. The van der Waals surface area contributed by atoms with Gasteiger partial charge in [0.15, 0.2) is 0 Å². The molecule has 13 heavy (non-hydrogen) atoms.